The molecule has 3 heteroatoms. The Hall–Kier alpha value is -1.38. The molecule has 0 N–H and O–H groups in total. The van der Waals surface area contributed by atoms with Crippen molar-refractivity contribution in [2.24, 2.45) is 34.5 Å². The summed E-state index contributed by atoms with van der Waals surface area (Å²) < 4.78 is 1.95. The van der Waals surface area contributed by atoms with Crippen molar-refractivity contribution in [2.75, 3.05) is 0 Å². The van der Waals surface area contributed by atoms with Gasteiger partial charge in [0.15, 0.2) is 5.78 Å². The number of carbonyl (C=O) groups is 1. The maximum absolute atomic E-state index is 13.5. The molecule has 1 heterocycles. The van der Waals surface area contributed by atoms with Gasteiger partial charge in [-0.25, -0.2) is 0 Å². The lowest BCUT2D eigenvalue weighted by Crippen LogP contribution is -2.52. The number of ketones is 1. The maximum Gasteiger partial charge on any atom is 0.165 e. The molecule has 0 spiro atoms. The van der Waals surface area contributed by atoms with Crippen molar-refractivity contribution >= 4 is 11.9 Å². The Bertz CT molecular complexity index is 807. The van der Waals surface area contributed by atoms with Crippen LogP contribution in [-0.4, -0.2) is 15.6 Å². The Morgan fingerprint density at radius 3 is 2.79 bits per heavy atom. The molecule has 28 heavy (non-hydrogen) atoms. The van der Waals surface area contributed by atoms with Crippen LogP contribution < -0.4 is 0 Å². The molecule has 152 valence electrons. The highest BCUT2D eigenvalue weighted by Crippen LogP contribution is 2.66. The Morgan fingerprint density at radius 2 is 2.00 bits per heavy atom. The maximum atomic E-state index is 13.5. The van der Waals surface area contributed by atoms with Crippen molar-refractivity contribution in [3.05, 3.63) is 23.5 Å². The van der Waals surface area contributed by atoms with Gasteiger partial charge in [0.05, 0.1) is 6.20 Å². The Kier molecular flexibility index (Phi) is 4.37. The third-order valence-corrected chi connectivity index (χ3v) is 9.54. The largest absolute Gasteiger partial charge is 0.294 e. The van der Waals surface area contributed by atoms with Crippen molar-refractivity contribution in [3.63, 3.8) is 0 Å². The van der Waals surface area contributed by atoms with Crippen LogP contribution in [0.5, 0.6) is 0 Å². The van der Waals surface area contributed by atoms with E-state index < -0.39 is 0 Å². The van der Waals surface area contributed by atoms with Crippen molar-refractivity contribution in [2.45, 2.75) is 85.1 Å². The number of allylic oxidation sites excluding steroid dienone is 1. The zero-order chi connectivity index (χ0) is 19.5. The summed E-state index contributed by atoms with van der Waals surface area (Å²) in [5.74, 6) is 3.55. The molecule has 4 fully saturated rings. The van der Waals surface area contributed by atoms with Gasteiger partial charge in [0.2, 0.25) is 0 Å². The zero-order valence-corrected chi connectivity index (χ0v) is 17.9. The number of aryl methyl sites for hydroxylation is 1. The number of hydrogen-bond acceptors (Lipinski definition) is 2. The van der Waals surface area contributed by atoms with E-state index in [0.29, 0.717) is 17.1 Å². The number of nitrogens with zero attached hydrogens (tertiary/aromatic N) is 2. The summed E-state index contributed by atoms with van der Waals surface area (Å²) >= 11 is 0. The predicted octanol–water partition coefficient (Wildman–Crippen LogP) is 5.90. The molecule has 6 atom stereocenters. The van der Waals surface area contributed by atoms with Gasteiger partial charge in [0.1, 0.15) is 0 Å². The van der Waals surface area contributed by atoms with Gasteiger partial charge in [-0.1, -0.05) is 26.7 Å². The molecule has 4 aliphatic rings. The van der Waals surface area contributed by atoms with Crippen molar-refractivity contribution in [1.82, 2.24) is 9.78 Å². The van der Waals surface area contributed by atoms with E-state index in [-0.39, 0.29) is 5.41 Å². The Labute approximate surface area is 170 Å². The number of rotatable bonds is 2. The second-order valence-corrected chi connectivity index (χ2v) is 10.7. The van der Waals surface area contributed by atoms with Gasteiger partial charge in [-0.05, 0) is 92.6 Å². The van der Waals surface area contributed by atoms with Crippen LogP contribution in [0.15, 0.2) is 18.0 Å². The number of fused-ring (bicyclic) bond motifs is 5. The molecular formula is C25H36N2O. The third-order valence-electron chi connectivity index (χ3n) is 9.54. The Balaban J connectivity index is 1.45. The first-order valence-corrected chi connectivity index (χ1v) is 11.7. The van der Waals surface area contributed by atoms with Crippen LogP contribution in [0.2, 0.25) is 0 Å². The average Bonchev–Trinajstić information content (AvgIpc) is 3.25. The van der Waals surface area contributed by atoms with Crippen LogP contribution in [0.3, 0.4) is 0 Å². The molecule has 3 nitrogen and oxygen atoms in total. The topological polar surface area (TPSA) is 34.9 Å². The molecule has 0 radical (unpaired) electrons. The van der Waals surface area contributed by atoms with Crippen LogP contribution >= 0.6 is 0 Å². The monoisotopic (exact) mass is 380 g/mol. The minimum atomic E-state index is -0.119. The highest BCUT2D eigenvalue weighted by Gasteiger charge is 2.60. The highest BCUT2D eigenvalue weighted by atomic mass is 16.1. The van der Waals surface area contributed by atoms with E-state index in [4.69, 9.17) is 0 Å². The predicted molar refractivity (Wildman–Crippen MR) is 113 cm³/mol. The quantitative estimate of drug-likeness (QED) is 0.599. The molecule has 1 aromatic heterocycles. The second-order valence-electron chi connectivity index (χ2n) is 10.7. The summed E-state index contributed by atoms with van der Waals surface area (Å²) in [5, 5.41) is 4.39. The first kappa shape index (κ1) is 18.6. The van der Waals surface area contributed by atoms with E-state index in [1.165, 1.54) is 44.9 Å². The first-order valence-electron chi connectivity index (χ1n) is 11.7. The first-order chi connectivity index (χ1) is 13.5. The second kappa shape index (κ2) is 6.57. The lowest BCUT2D eigenvalue weighted by molar-refractivity contribution is -0.137. The summed E-state index contributed by atoms with van der Waals surface area (Å²) in [6, 6.07) is 0. The van der Waals surface area contributed by atoms with E-state index in [1.807, 2.05) is 10.9 Å². The van der Waals surface area contributed by atoms with Gasteiger partial charge in [-0.15, -0.1) is 0 Å². The van der Waals surface area contributed by atoms with Gasteiger partial charge >= 0.3 is 0 Å². The Morgan fingerprint density at radius 1 is 1.14 bits per heavy atom. The summed E-state index contributed by atoms with van der Waals surface area (Å²) in [5.41, 5.74) is 2.58. The van der Waals surface area contributed by atoms with Crippen molar-refractivity contribution < 1.29 is 4.79 Å². The molecule has 0 amide bonds. The fourth-order valence-corrected chi connectivity index (χ4v) is 7.92. The molecule has 5 rings (SSSR count). The van der Waals surface area contributed by atoms with E-state index >= 15 is 0 Å². The number of hydrogen-bond donors (Lipinski definition) is 0. The van der Waals surface area contributed by atoms with Crippen LogP contribution in [0.1, 0.15) is 84.1 Å². The number of aromatic nitrogens is 2. The molecule has 0 saturated heterocycles. The van der Waals surface area contributed by atoms with Gasteiger partial charge in [0, 0.05) is 23.7 Å². The smallest absolute Gasteiger partial charge is 0.165 e. The summed E-state index contributed by atoms with van der Waals surface area (Å²) in [4.78, 5) is 13.5. The summed E-state index contributed by atoms with van der Waals surface area (Å²) in [6.07, 6.45) is 18.0. The standard InChI is InChI=1S/C25H36N2O/c1-4-27-16-17(15-26-27)13-18-14-22-20-9-8-19-7-5-6-11-24(19,2)21(20)10-12-25(22,3)23(18)28/h13,15-16,19-22H,4-12,14H2,1-3H3/b18-13+/t19-,20-,21+,22+,24-,25-/m0/s1. The fourth-order valence-electron chi connectivity index (χ4n) is 7.92. The lowest BCUT2D eigenvalue weighted by Gasteiger charge is -2.59. The zero-order valence-electron chi connectivity index (χ0n) is 17.9. The van der Waals surface area contributed by atoms with Gasteiger partial charge in [-0.3, -0.25) is 9.48 Å². The van der Waals surface area contributed by atoms with Crippen LogP contribution in [0, 0.1) is 34.5 Å². The highest BCUT2D eigenvalue weighted by molar-refractivity contribution is 6.05. The van der Waals surface area contributed by atoms with Crippen molar-refractivity contribution in [3.8, 4) is 0 Å². The molecule has 4 aliphatic carbocycles. The molecule has 0 aliphatic heterocycles. The van der Waals surface area contributed by atoms with Crippen LogP contribution in [0.4, 0.5) is 0 Å². The molecule has 4 saturated carbocycles. The number of Topliss-reactive ketones (excluding diaryl/α,β-unsaturated/α-hetero) is 1. The third kappa shape index (κ3) is 2.60. The minimum absolute atomic E-state index is 0.119. The summed E-state index contributed by atoms with van der Waals surface area (Å²) in [6.45, 7) is 7.88. The average molecular weight is 381 g/mol. The van der Waals surface area contributed by atoms with E-state index in [9.17, 15) is 4.79 Å². The van der Waals surface area contributed by atoms with Gasteiger partial charge in [0.25, 0.3) is 0 Å². The molecule has 0 unspecified atom stereocenters. The van der Waals surface area contributed by atoms with E-state index in [1.54, 1.807) is 0 Å². The van der Waals surface area contributed by atoms with Gasteiger partial charge in [-0.2, -0.15) is 5.10 Å². The molecule has 0 aromatic carbocycles. The normalized spacial score (nSPS) is 44.2. The fraction of sp³-hybridized carbons (Fsp3) is 0.760. The van der Waals surface area contributed by atoms with E-state index in [2.05, 4.69) is 38.1 Å². The molecule has 1 aromatic rings. The minimum Gasteiger partial charge on any atom is -0.294 e. The van der Waals surface area contributed by atoms with E-state index in [0.717, 1.165) is 48.3 Å². The summed E-state index contributed by atoms with van der Waals surface area (Å²) in [7, 11) is 0. The lowest BCUT2D eigenvalue weighted by atomic mass is 9.45. The van der Waals surface area contributed by atoms with Crippen LogP contribution in [-0.2, 0) is 11.3 Å². The van der Waals surface area contributed by atoms with Crippen molar-refractivity contribution in [1.29, 1.82) is 0 Å². The van der Waals surface area contributed by atoms with Gasteiger partial charge < -0.3 is 0 Å². The van der Waals surface area contributed by atoms with Crippen LogP contribution in [0.25, 0.3) is 6.08 Å². The molecule has 0 bridgehead atoms. The number of carbonyl (C=O) groups excluding carboxylic acids is 1. The SMILES string of the molecule is CCn1cc(/C=C2\C[C@@H]3[C@H]4CC[C@@H]5CCCC[C@]5(C)[C@@H]4CC[C@]3(C)C2=O)cn1. The molecular weight excluding hydrogens is 344 g/mol.